The maximum atomic E-state index is 13.5. The summed E-state index contributed by atoms with van der Waals surface area (Å²) in [6, 6.07) is 16.7. The fourth-order valence-corrected chi connectivity index (χ4v) is 6.29. The Balaban J connectivity index is 1.41. The number of hydrogen-bond acceptors (Lipinski definition) is 8. The van der Waals surface area contributed by atoms with Gasteiger partial charge < -0.3 is 19.8 Å². The highest BCUT2D eigenvalue weighted by molar-refractivity contribution is 7.17. The average Bonchev–Trinajstić information content (AvgIpc) is 3.50. The number of amides is 1. The van der Waals surface area contributed by atoms with Gasteiger partial charge in [-0.25, -0.2) is 9.78 Å². The van der Waals surface area contributed by atoms with Crippen LogP contribution in [0.3, 0.4) is 0 Å². The molecular weight excluding hydrogens is 528 g/mol. The highest BCUT2D eigenvalue weighted by atomic mass is 32.1. The van der Waals surface area contributed by atoms with Crippen LogP contribution in [0.5, 0.6) is 11.5 Å². The number of nitrogens with zero attached hydrogens (tertiary/aromatic N) is 4. The van der Waals surface area contributed by atoms with E-state index in [0.717, 1.165) is 5.56 Å². The number of carbonyl (C=O) groups excluding carboxylic acids is 1. The van der Waals surface area contributed by atoms with Gasteiger partial charge in [0.2, 0.25) is 5.91 Å². The number of aliphatic hydroxyl groups is 2. The van der Waals surface area contributed by atoms with Crippen LogP contribution in [0.25, 0.3) is 32.7 Å². The molecule has 40 heavy (non-hydrogen) atoms. The van der Waals surface area contributed by atoms with Gasteiger partial charge in [0.15, 0.2) is 0 Å². The standard InChI is InChI=1S/C30H26N4O5S/c1-3-25(37)33-15-18(24(36)16-33)14-23(35)28-27-26-22(11-12-31-29(26)40-28)34(30(38)32-27)21-10-9-20(13-17(21)2)39-19-7-5-4-6-8-19/h3-13,18,24,35-36H,1,14-16H2,2H3/t18-,24-/m0/s1. The van der Waals surface area contributed by atoms with Gasteiger partial charge in [-0.1, -0.05) is 24.8 Å². The molecular formula is C30H26N4O5S. The number of β-amino-alcohol motifs (C(OH)–C–C–N with tert-alkyl or cyclic N) is 1. The van der Waals surface area contributed by atoms with E-state index in [1.165, 1.54) is 22.3 Å². The van der Waals surface area contributed by atoms with Crippen LogP contribution in [-0.4, -0.2) is 54.7 Å². The molecule has 202 valence electrons. The number of aliphatic hydroxyl groups excluding tert-OH is 2. The molecule has 2 aromatic carbocycles. The first kappa shape index (κ1) is 25.7. The van der Waals surface area contributed by atoms with Gasteiger partial charge in [-0.05, 0) is 55.0 Å². The van der Waals surface area contributed by atoms with Gasteiger partial charge in [0.25, 0.3) is 0 Å². The quantitative estimate of drug-likeness (QED) is 0.306. The minimum absolute atomic E-state index is 0.00416. The van der Waals surface area contributed by atoms with Gasteiger partial charge in [0, 0.05) is 31.6 Å². The Bertz CT molecular complexity index is 1880. The van der Waals surface area contributed by atoms with Gasteiger partial charge in [-0.15, -0.1) is 11.3 Å². The molecule has 0 radical (unpaired) electrons. The minimum atomic E-state index is -0.781. The third-order valence-corrected chi connectivity index (χ3v) is 8.32. The summed E-state index contributed by atoms with van der Waals surface area (Å²) in [5, 5.41) is 22.3. The molecule has 1 aliphatic heterocycles. The SMILES string of the molecule is C=CC(=O)N1C[C@H](CC(O)=c2sc3nccc4c3c2nc(=O)n4-c2ccc(Oc3ccccc3)cc2C)[C@@H](O)C1. The molecule has 9 nitrogen and oxygen atoms in total. The number of carbonyl (C=O) groups is 1. The normalized spacial score (nSPS) is 17.9. The number of thiophene rings is 1. The maximum Gasteiger partial charge on any atom is 0.353 e. The Labute approximate surface area is 232 Å². The van der Waals surface area contributed by atoms with Gasteiger partial charge in [-0.3, -0.25) is 9.36 Å². The Morgan fingerprint density at radius 2 is 1.98 bits per heavy atom. The van der Waals surface area contributed by atoms with Crippen molar-refractivity contribution in [1.29, 1.82) is 0 Å². The molecule has 6 rings (SSSR count). The van der Waals surface area contributed by atoms with Crippen molar-refractivity contribution in [3.8, 4) is 17.2 Å². The van der Waals surface area contributed by atoms with E-state index in [1.54, 1.807) is 16.8 Å². The van der Waals surface area contributed by atoms with Crippen molar-refractivity contribution in [3.63, 3.8) is 0 Å². The molecule has 2 N–H and O–H groups in total. The Kier molecular flexibility index (Phi) is 6.57. The van der Waals surface area contributed by atoms with E-state index in [9.17, 15) is 19.8 Å². The zero-order valence-corrected chi connectivity index (χ0v) is 22.5. The summed E-state index contributed by atoms with van der Waals surface area (Å²) in [5.41, 5.74) is 1.99. The molecule has 4 heterocycles. The summed E-state index contributed by atoms with van der Waals surface area (Å²) in [5.74, 6) is 0.746. The molecule has 1 amide bonds. The minimum Gasteiger partial charge on any atom is -0.511 e. The lowest BCUT2D eigenvalue weighted by Gasteiger charge is -2.14. The van der Waals surface area contributed by atoms with Gasteiger partial charge in [0.1, 0.15) is 27.6 Å². The Morgan fingerprint density at radius 1 is 1.18 bits per heavy atom. The van der Waals surface area contributed by atoms with Crippen molar-refractivity contribution in [2.75, 3.05) is 13.1 Å². The topological polar surface area (TPSA) is 118 Å². The fraction of sp³-hybridized carbons (Fsp3) is 0.200. The number of aromatic nitrogens is 3. The van der Waals surface area contributed by atoms with Crippen molar-refractivity contribution in [2.24, 2.45) is 5.92 Å². The Morgan fingerprint density at radius 3 is 2.73 bits per heavy atom. The predicted molar refractivity (Wildman–Crippen MR) is 154 cm³/mol. The zero-order valence-electron chi connectivity index (χ0n) is 21.7. The smallest absolute Gasteiger partial charge is 0.353 e. The maximum absolute atomic E-state index is 13.5. The van der Waals surface area contributed by atoms with Crippen molar-refractivity contribution in [3.05, 3.63) is 94.0 Å². The average molecular weight is 555 g/mol. The molecule has 0 aliphatic carbocycles. The second kappa shape index (κ2) is 10.2. The first-order chi connectivity index (χ1) is 19.3. The highest BCUT2D eigenvalue weighted by Crippen LogP contribution is 2.31. The molecule has 0 bridgehead atoms. The number of aryl methyl sites for hydroxylation is 1. The Hall–Kier alpha value is -4.54. The number of ether oxygens (including phenoxy) is 1. The molecule has 10 heteroatoms. The van der Waals surface area contributed by atoms with Gasteiger partial charge in [-0.2, -0.15) is 4.98 Å². The van der Waals surface area contributed by atoms with Crippen LogP contribution in [0.4, 0.5) is 0 Å². The fourth-order valence-electron chi connectivity index (χ4n) is 5.23. The van der Waals surface area contributed by atoms with E-state index in [1.807, 2.05) is 55.5 Å². The number of likely N-dealkylation sites (tertiary alicyclic amines) is 1. The van der Waals surface area contributed by atoms with Crippen LogP contribution in [-0.2, 0) is 4.79 Å². The van der Waals surface area contributed by atoms with Crippen molar-refractivity contribution in [1.82, 2.24) is 19.4 Å². The summed E-state index contributed by atoms with van der Waals surface area (Å²) in [7, 11) is 0. The lowest BCUT2D eigenvalue weighted by Crippen LogP contribution is -2.27. The monoisotopic (exact) mass is 554 g/mol. The summed E-state index contributed by atoms with van der Waals surface area (Å²) < 4.78 is 7.93. The second-order valence-corrected chi connectivity index (χ2v) is 10.8. The molecule has 1 saturated heterocycles. The molecule has 0 spiro atoms. The van der Waals surface area contributed by atoms with Crippen LogP contribution in [0, 0.1) is 12.8 Å². The van der Waals surface area contributed by atoms with Gasteiger partial charge >= 0.3 is 5.69 Å². The predicted octanol–water partition coefficient (Wildman–Crippen LogP) is 3.88. The summed E-state index contributed by atoms with van der Waals surface area (Å²) in [6.45, 7) is 5.88. The molecule has 2 atom stereocenters. The third kappa shape index (κ3) is 4.51. The molecule has 1 fully saturated rings. The summed E-state index contributed by atoms with van der Waals surface area (Å²) >= 11 is 1.24. The first-order valence-corrected chi connectivity index (χ1v) is 13.6. The molecule has 0 unspecified atom stereocenters. The van der Waals surface area contributed by atoms with Crippen LogP contribution in [0.2, 0.25) is 0 Å². The molecule has 1 aliphatic rings. The number of rotatable bonds is 6. The van der Waals surface area contributed by atoms with E-state index in [0.29, 0.717) is 49.5 Å². The molecule has 3 aromatic heterocycles. The number of hydrogen-bond donors (Lipinski definition) is 2. The molecule has 5 aromatic rings. The highest BCUT2D eigenvalue weighted by Gasteiger charge is 2.34. The van der Waals surface area contributed by atoms with Crippen LogP contribution >= 0.6 is 11.3 Å². The number of benzene rings is 2. The summed E-state index contributed by atoms with van der Waals surface area (Å²) in [6.07, 6.45) is 2.19. The number of para-hydroxylation sites is 1. The largest absolute Gasteiger partial charge is 0.511 e. The lowest BCUT2D eigenvalue weighted by molar-refractivity contribution is -0.125. The summed E-state index contributed by atoms with van der Waals surface area (Å²) in [4.78, 5) is 36.5. The van der Waals surface area contributed by atoms with E-state index in [-0.39, 0.29) is 30.5 Å². The van der Waals surface area contributed by atoms with Crippen molar-refractivity contribution < 1.29 is 19.7 Å². The second-order valence-electron chi connectivity index (χ2n) is 9.81. The van der Waals surface area contributed by atoms with E-state index < -0.39 is 11.8 Å². The van der Waals surface area contributed by atoms with E-state index in [2.05, 4.69) is 16.5 Å². The van der Waals surface area contributed by atoms with E-state index in [4.69, 9.17) is 4.74 Å². The van der Waals surface area contributed by atoms with Crippen LogP contribution < -0.4 is 15.0 Å². The lowest BCUT2D eigenvalue weighted by atomic mass is 10.0. The van der Waals surface area contributed by atoms with Gasteiger partial charge in [0.05, 0.1) is 27.2 Å². The third-order valence-electron chi connectivity index (χ3n) is 7.18. The molecule has 0 saturated carbocycles. The van der Waals surface area contributed by atoms with Crippen molar-refractivity contribution in [2.45, 2.75) is 19.4 Å². The van der Waals surface area contributed by atoms with Crippen molar-refractivity contribution >= 4 is 44.3 Å². The van der Waals surface area contributed by atoms with E-state index >= 15 is 0 Å². The zero-order chi connectivity index (χ0) is 28.0. The van der Waals surface area contributed by atoms with Crippen LogP contribution in [0.1, 0.15) is 12.0 Å². The number of pyridine rings is 1. The first-order valence-electron chi connectivity index (χ1n) is 12.8. The van der Waals surface area contributed by atoms with Crippen LogP contribution in [0.15, 0.2) is 78.2 Å².